The van der Waals surface area contributed by atoms with Crippen molar-refractivity contribution in [3.8, 4) is 0 Å². The van der Waals surface area contributed by atoms with Crippen LogP contribution in [0.4, 0.5) is 0 Å². The normalized spacial score (nSPS) is 26.3. The van der Waals surface area contributed by atoms with E-state index < -0.39 is 20.2 Å². The molecule has 0 bridgehead atoms. The van der Waals surface area contributed by atoms with Crippen molar-refractivity contribution in [1.82, 2.24) is 0 Å². The summed E-state index contributed by atoms with van der Waals surface area (Å²) in [5.74, 6) is 0.144. The molecule has 0 aromatic rings. The Bertz CT molecular complexity index is 477. The third kappa shape index (κ3) is 4.44. The SMILES string of the molecule is CCC1CC(CC(N)(P(=O)(O)O)P(=O)(O)O)C[N+](CC)(CC)C1. The quantitative estimate of drug-likeness (QED) is 0.334. The van der Waals surface area contributed by atoms with Gasteiger partial charge in [0.1, 0.15) is 0 Å². The van der Waals surface area contributed by atoms with Crippen LogP contribution in [0.3, 0.4) is 0 Å². The van der Waals surface area contributed by atoms with E-state index in [2.05, 4.69) is 20.8 Å². The van der Waals surface area contributed by atoms with Gasteiger partial charge in [-0.2, -0.15) is 0 Å². The molecular weight excluding hydrogens is 342 g/mol. The van der Waals surface area contributed by atoms with Gasteiger partial charge in [0.05, 0.1) is 26.2 Å². The van der Waals surface area contributed by atoms with Gasteiger partial charge in [-0.1, -0.05) is 6.92 Å². The number of hydrogen-bond donors (Lipinski definition) is 5. The molecule has 1 heterocycles. The molecule has 138 valence electrons. The number of nitrogens with zero attached hydrogens (tertiary/aromatic N) is 1. The third-order valence-corrected chi connectivity index (χ3v) is 9.42. The van der Waals surface area contributed by atoms with Crippen LogP contribution in [-0.2, 0) is 9.13 Å². The average Bonchev–Trinajstić information content (AvgIpc) is 2.44. The van der Waals surface area contributed by atoms with Crippen molar-refractivity contribution in [2.24, 2.45) is 17.6 Å². The number of nitrogens with two attached hydrogens (primary N) is 1. The minimum absolute atomic E-state index is 0.223. The van der Waals surface area contributed by atoms with Crippen molar-refractivity contribution < 1.29 is 33.2 Å². The Morgan fingerprint density at radius 1 is 1.00 bits per heavy atom. The van der Waals surface area contributed by atoms with Crippen LogP contribution in [0.15, 0.2) is 0 Å². The highest BCUT2D eigenvalue weighted by Crippen LogP contribution is 2.68. The van der Waals surface area contributed by atoms with E-state index in [0.29, 0.717) is 18.9 Å². The molecule has 6 N–H and O–H groups in total. The van der Waals surface area contributed by atoms with E-state index in [1.807, 2.05) is 0 Å². The van der Waals surface area contributed by atoms with E-state index in [4.69, 9.17) is 5.73 Å². The van der Waals surface area contributed by atoms with E-state index in [1.54, 1.807) is 0 Å². The summed E-state index contributed by atoms with van der Waals surface area (Å²) in [4.78, 5) is 37.8. The molecule has 0 radical (unpaired) electrons. The van der Waals surface area contributed by atoms with Gasteiger partial charge in [0.2, 0.25) is 5.02 Å². The molecule has 0 spiro atoms. The van der Waals surface area contributed by atoms with Gasteiger partial charge in [-0.25, -0.2) is 0 Å². The summed E-state index contributed by atoms with van der Waals surface area (Å²) in [7, 11) is -10.3. The molecule has 0 amide bonds. The van der Waals surface area contributed by atoms with Crippen molar-refractivity contribution in [3.63, 3.8) is 0 Å². The van der Waals surface area contributed by atoms with Gasteiger partial charge in [-0.05, 0) is 33.1 Å². The van der Waals surface area contributed by atoms with Gasteiger partial charge in [0.25, 0.3) is 0 Å². The molecule has 23 heavy (non-hydrogen) atoms. The number of quaternary nitrogens is 1. The largest absolute Gasteiger partial charge is 0.357 e. The lowest BCUT2D eigenvalue weighted by molar-refractivity contribution is -0.936. The zero-order chi connectivity index (χ0) is 18.1. The van der Waals surface area contributed by atoms with Gasteiger partial charge in [-0.3, -0.25) is 9.13 Å². The Labute approximate surface area is 138 Å². The van der Waals surface area contributed by atoms with Crippen LogP contribution >= 0.6 is 15.2 Å². The Morgan fingerprint density at radius 2 is 1.43 bits per heavy atom. The topological polar surface area (TPSA) is 141 Å². The first-order chi connectivity index (χ1) is 10.3. The molecule has 10 heteroatoms. The minimum Gasteiger partial charge on any atom is -0.324 e. The third-order valence-electron chi connectivity index (χ3n) is 5.47. The predicted molar refractivity (Wildman–Crippen MR) is 88.6 cm³/mol. The maximum Gasteiger partial charge on any atom is 0.357 e. The lowest BCUT2D eigenvalue weighted by Gasteiger charge is -2.48. The summed E-state index contributed by atoms with van der Waals surface area (Å²) in [5.41, 5.74) is 5.61. The van der Waals surface area contributed by atoms with E-state index >= 15 is 0 Å². The molecule has 0 aromatic heterocycles. The molecule has 1 fully saturated rings. The number of hydrogen-bond acceptors (Lipinski definition) is 3. The second-order valence-corrected chi connectivity index (χ2v) is 11.0. The van der Waals surface area contributed by atoms with Crippen molar-refractivity contribution >= 4 is 15.2 Å². The molecule has 0 aromatic carbocycles. The molecule has 1 rings (SSSR count). The molecule has 8 nitrogen and oxygen atoms in total. The highest BCUT2D eigenvalue weighted by molar-refractivity contribution is 7.72. The van der Waals surface area contributed by atoms with Crippen LogP contribution in [0.1, 0.15) is 40.0 Å². The van der Waals surface area contributed by atoms with Crippen LogP contribution in [0.5, 0.6) is 0 Å². The molecule has 2 unspecified atom stereocenters. The Morgan fingerprint density at radius 3 is 1.78 bits per heavy atom. The molecule has 1 aliphatic rings. The minimum atomic E-state index is -5.16. The van der Waals surface area contributed by atoms with Crippen LogP contribution < -0.4 is 5.73 Å². The average molecular weight is 373 g/mol. The summed E-state index contributed by atoms with van der Waals surface area (Å²) < 4.78 is 24.2. The van der Waals surface area contributed by atoms with Crippen molar-refractivity contribution in [2.75, 3.05) is 26.2 Å². The number of likely N-dealkylation sites (tertiary alicyclic amines) is 1. The fourth-order valence-electron chi connectivity index (χ4n) is 3.81. The van der Waals surface area contributed by atoms with Crippen molar-refractivity contribution in [2.45, 2.75) is 45.1 Å². The standard InChI is InChI=1S/C13H30N2O6P2/c1-4-11-7-12(10-15(5-2,6-3)9-11)8-13(14,22(16,17)18)23(19,20)21/h11-12H,4-10,14H2,1-3H3,(H3-,16,17,18,19,20,21)/p+1. The van der Waals surface area contributed by atoms with Crippen LogP contribution in [-0.4, -0.2) is 55.3 Å². The first-order valence-electron chi connectivity index (χ1n) is 8.09. The lowest BCUT2D eigenvalue weighted by Crippen LogP contribution is -2.58. The van der Waals surface area contributed by atoms with E-state index in [1.165, 1.54) is 0 Å². The second-order valence-electron chi connectivity index (χ2n) is 6.89. The zero-order valence-corrected chi connectivity index (χ0v) is 15.9. The second kappa shape index (κ2) is 7.22. The van der Waals surface area contributed by atoms with Gasteiger partial charge >= 0.3 is 15.2 Å². The van der Waals surface area contributed by atoms with Gasteiger partial charge < -0.3 is 29.8 Å². The predicted octanol–water partition coefficient (Wildman–Crippen LogP) is 1.25. The highest BCUT2D eigenvalue weighted by Gasteiger charge is 2.59. The summed E-state index contributed by atoms with van der Waals surface area (Å²) in [6.45, 7) is 9.60. The molecule has 0 aliphatic carbocycles. The van der Waals surface area contributed by atoms with E-state index in [0.717, 1.165) is 30.5 Å². The summed E-state index contributed by atoms with van der Waals surface area (Å²) in [6, 6.07) is 0. The molecule has 1 saturated heterocycles. The molecule has 1 aliphatic heterocycles. The van der Waals surface area contributed by atoms with Crippen molar-refractivity contribution in [1.29, 1.82) is 0 Å². The summed E-state index contributed by atoms with van der Waals surface area (Å²) in [6.07, 6.45) is 1.26. The lowest BCUT2D eigenvalue weighted by atomic mass is 9.84. The van der Waals surface area contributed by atoms with Crippen LogP contribution in [0.25, 0.3) is 0 Å². The van der Waals surface area contributed by atoms with Gasteiger partial charge in [0, 0.05) is 11.8 Å². The maximum absolute atomic E-state index is 11.7. The monoisotopic (exact) mass is 373 g/mol. The van der Waals surface area contributed by atoms with Crippen LogP contribution in [0, 0.1) is 11.8 Å². The van der Waals surface area contributed by atoms with Crippen LogP contribution in [0.2, 0.25) is 0 Å². The highest BCUT2D eigenvalue weighted by atomic mass is 31.2. The van der Waals surface area contributed by atoms with Crippen molar-refractivity contribution in [3.05, 3.63) is 0 Å². The first-order valence-corrected chi connectivity index (χ1v) is 11.3. The summed E-state index contributed by atoms with van der Waals surface area (Å²) in [5, 5.41) is -2.79. The number of piperidine rings is 1. The van der Waals surface area contributed by atoms with Gasteiger partial charge in [0.15, 0.2) is 0 Å². The maximum atomic E-state index is 11.7. The fraction of sp³-hybridized carbons (Fsp3) is 1.00. The fourth-order valence-corrected chi connectivity index (χ4v) is 6.16. The zero-order valence-electron chi connectivity index (χ0n) is 14.1. The van der Waals surface area contributed by atoms with E-state index in [9.17, 15) is 28.7 Å². The molecule has 0 saturated carbocycles. The first kappa shape index (κ1) is 21.3. The smallest absolute Gasteiger partial charge is 0.324 e. The molecule has 2 atom stereocenters. The van der Waals surface area contributed by atoms with Gasteiger partial charge in [-0.15, -0.1) is 0 Å². The number of rotatable bonds is 7. The Hall–Kier alpha value is 0.220. The summed E-state index contributed by atoms with van der Waals surface area (Å²) >= 11 is 0. The Kier molecular flexibility index (Phi) is 6.68. The Balaban J connectivity index is 3.13. The van der Waals surface area contributed by atoms with E-state index in [-0.39, 0.29) is 12.3 Å². The molecular formula is C13H31N2O6P2+.